The lowest BCUT2D eigenvalue weighted by atomic mass is 9.98. The van der Waals surface area contributed by atoms with Gasteiger partial charge in [0.25, 0.3) is 0 Å². The van der Waals surface area contributed by atoms with Crippen LogP contribution >= 0.6 is 0 Å². The van der Waals surface area contributed by atoms with Crippen LogP contribution in [0, 0.1) is 11.8 Å². The van der Waals surface area contributed by atoms with Gasteiger partial charge in [-0.1, -0.05) is 13.8 Å². The zero-order chi connectivity index (χ0) is 15.3. The van der Waals surface area contributed by atoms with Crippen molar-refractivity contribution in [1.29, 1.82) is 0 Å². The number of aliphatic carboxylic acids is 1. The molecule has 0 aromatic heterocycles. The van der Waals surface area contributed by atoms with Crippen molar-refractivity contribution in [3.63, 3.8) is 0 Å². The summed E-state index contributed by atoms with van der Waals surface area (Å²) in [5.41, 5.74) is 0. The molecule has 1 saturated heterocycles. The number of carbonyl (C=O) groups excluding carboxylic acids is 2. The molecule has 1 aliphatic heterocycles. The Morgan fingerprint density at radius 3 is 2.50 bits per heavy atom. The van der Waals surface area contributed by atoms with Crippen molar-refractivity contribution in [2.75, 3.05) is 20.2 Å². The van der Waals surface area contributed by atoms with E-state index in [1.54, 1.807) is 13.8 Å². The summed E-state index contributed by atoms with van der Waals surface area (Å²) in [5, 5.41) is 11.6. The van der Waals surface area contributed by atoms with Crippen LogP contribution in [-0.2, 0) is 14.3 Å². The molecule has 7 heteroatoms. The second-order valence-corrected chi connectivity index (χ2v) is 5.32. The number of amides is 2. The third-order valence-corrected chi connectivity index (χ3v) is 3.45. The molecule has 1 unspecified atom stereocenters. The maximum absolute atomic E-state index is 12.1. The molecule has 0 aromatic rings. The Balaban J connectivity index is 2.62. The van der Waals surface area contributed by atoms with Gasteiger partial charge in [-0.2, -0.15) is 0 Å². The number of rotatable bonds is 4. The van der Waals surface area contributed by atoms with Crippen molar-refractivity contribution in [2.45, 2.75) is 32.7 Å². The molecule has 7 nitrogen and oxygen atoms in total. The molecule has 0 bridgehead atoms. The Kier molecular flexibility index (Phi) is 5.79. The first-order valence-electron chi connectivity index (χ1n) is 6.72. The van der Waals surface area contributed by atoms with Crippen LogP contribution in [0.5, 0.6) is 0 Å². The zero-order valence-electron chi connectivity index (χ0n) is 12.1. The molecule has 1 heterocycles. The molecule has 0 spiro atoms. The molecule has 1 fully saturated rings. The lowest BCUT2D eigenvalue weighted by Crippen LogP contribution is -2.53. The average Bonchev–Trinajstić information content (AvgIpc) is 2.42. The van der Waals surface area contributed by atoms with Crippen LogP contribution in [0.25, 0.3) is 0 Å². The summed E-state index contributed by atoms with van der Waals surface area (Å²) in [6.07, 6.45) is 1.38. The van der Waals surface area contributed by atoms with E-state index >= 15 is 0 Å². The summed E-state index contributed by atoms with van der Waals surface area (Å²) in [5.74, 6) is -1.93. The molecule has 2 atom stereocenters. The highest BCUT2D eigenvalue weighted by Gasteiger charge is 2.31. The number of urea groups is 1. The molecular formula is C13H22N2O5. The van der Waals surface area contributed by atoms with Gasteiger partial charge in [-0.3, -0.25) is 4.79 Å². The first-order chi connectivity index (χ1) is 9.36. The van der Waals surface area contributed by atoms with Gasteiger partial charge in [-0.05, 0) is 18.8 Å². The van der Waals surface area contributed by atoms with E-state index in [4.69, 9.17) is 5.11 Å². The molecule has 114 valence electrons. The second-order valence-electron chi connectivity index (χ2n) is 5.32. The SMILES string of the molecule is COC(=O)C1CCCN(C(=O)N[C@H](C(=O)O)C(C)C)C1. The maximum Gasteiger partial charge on any atom is 0.326 e. The normalized spacial score (nSPS) is 20.4. The standard InChI is InChI=1S/C13H22N2O5/c1-8(2)10(11(16)17)14-13(19)15-6-4-5-9(7-15)12(18)20-3/h8-10H,4-7H2,1-3H3,(H,14,19)(H,16,17)/t9?,10-/m0/s1. The Hall–Kier alpha value is -1.79. The molecule has 0 radical (unpaired) electrons. The van der Waals surface area contributed by atoms with Crippen molar-refractivity contribution in [3.8, 4) is 0 Å². The number of carbonyl (C=O) groups is 3. The molecule has 2 N–H and O–H groups in total. The number of nitrogens with one attached hydrogen (secondary N) is 1. The van der Waals surface area contributed by atoms with Gasteiger partial charge in [0.05, 0.1) is 13.0 Å². The summed E-state index contributed by atoms with van der Waals surface area (Å²) >= 11 is 0. The predicted molar refractivity (Wildman–Crippen MR) is 71.1 cm³/mol. The predicted octanol–water partition coefficient (Wildman–Crippen LogP) is 0.690. The average molecular weight is 286 g/mol. The van der Waals surface area contributed by atoms with E-state index in [0.717, 1.165) is 0 Å². The van der Waals surface area contributed by atoms with E-state index in [-0.39, 0.29) is 24.3 Å². The van der Waals surface area contributed by atoms with E-state index < -0.39 is 18.0 Å². The van der Waals surface area contributed by atoms with E-state index in [1.165, 1.54) is 12.0 Å². The highest BCUT2D eigenvalue weighted by molar-refractivity contribution is 5.83. The number of methoxy groups -OCH3 is 1. The molecule has 0 aromatic carbocycles. The fourth-order valence-corrected chi connectivity index (χ4v) is 2.26. The fraction of sp³-hybridized carbons (Fsp3) is 0.769. The van der Waals surface area contributed by atoms with E-state index in [2.05, 4.69) is 10.1 Å². The largest absolute Gasteiger partial charge is 0.480 e. The molecule has 1 rings (SSSR count). The number of ether oxygens (including phenoxy) is 1. The molecular weight excluding hydrogens is 264 g/mol. The quantitative estimate of drug-likeness (QED) is 0.741. The van der Waals surface area contributed by atoms with Crippen molar-refractivity contribution < 1.29 is 24.2 Å². The lowest BCUT2D eigenvalue weighted by molar-refractivity contribution is -0.147. The smallest absolute Gasteiger partial charge is 0.326 e. The maximum atomic E-state index is 12.1. The van der Waals surface area contributed by atoms with Gasteiger partial charge in [0.15, 0.2) is 0 Å². The van der Waals surface area contributed by atoms with Crippen molar-refractivity contribution in [2.24, 2.45) is 11.8 Å². The van der Waals surface area contributed by atoms with Gasteiger partial charge in [0.1, 0.15) is 6.04 Å². The summed E-state index contributed by atoms with van der Waals surface area (Å²) in [6.45, 7) is 4.24. The zero-order valence-corrected chi connectivity index (χ0v) is 12.1. The summed E-state index contributed by atoms with van der Waals surface area (Å²) in [7, 11) is 1.32. The number of hydrogen-bond donors (Lipinski definition) is 2. The topological polar surface area (TPSA) is 95.9 Å². The number of hydrogen-bond acceptors (Lipinski definition) is 4. The minimum Gasteiger partial charge on any atom is -0.480 e. The Morgan fingerprint density at radius 2 is 2.00 bits per heavy atom. The summed E-state index contributed by atoms with van der Waals surface area (Å²) in [4.78, 5) is 36.1. The van der Waals surface area contributed by atoms with Crippen LogP contribution in [0.3, 0.4) is 0 Å². The first-order valence-corrected chi connectivity index (χ1v) is 6.72. The van der Waals surface area contributed by atoms with Crippen LogP contribution in [0.4, 0.5) is 4.79 Å². The number of carboxylic acid groups (broad SMARTS) is 1. The molecule has 0 saturated carbocycles. The van der Waals surface area contributed by atoms with Crippen LogP contribution in [-0.4, -0.2) is 54.2 Å². The minimum atomic E-state index is -1.06. The monoisotopic (exact) mass is 286 g/mol. The van der Waals surface area contributed by atoms with E-state index in [0.29, 0.717) is 19.4 Å². The van der Waals surface area contributed by atoms with Crippen LogP contribution in [0.2, 0.25) is 0 Å². The first kappa shape index (κ1) is 16.3. The van der Waals surface area contributed by atoms with Crippen LogP contribution in [0.1, 0.15) is 26.7 Å². The molecule has 2 amide bonds. The van der Waals surface area contributed by atoms with Crippen molar-refractivity contribution in [3.05, 3.63) is 0 Å². The number of esters is 1. The van der Waals surface area contributed by atoms with Crippen molar-refractivity contribution in [1.82, 2.24) is 10.2 Å². The molecule has 20 heavy (non-hydrogen) atoms. The Morgan fingerprint density at radius 1 is 1.35 bits per heavy atom. The Labute approximate surface area is 118 Å². The van der Waals surface area contributed by atoms with Gasteiger partial charge < -0.3 is 20.1 Å². The number of carboxylic acids is 1. The van der Waals surface area contributed by atoms with Gasteiger partial charge in [0, 0.05) is 13.1 Å². The highest BCUT2D eigenvalue weighted by atomic mass is 16.5. The lowest BCUT2D eigenvalue weighted by Gasteiger charge is -2.32. The second kappa shape index (κ2) is 7.12. The van der Waals surface area contributed by atoms with Crippen LogP contribution < -0.4 is 5.32 Å². The third-order valence-electron chi connectivity index (χ3n) is 3.45. The minimum absolute atomic E-state index is 0.211. The number of piperidine rings is 1. The summed E-state index contributed by atoms with van der Waals surface area (Å²) in [6, 6.07) is -1.37. The number of likely N-dealkylation sites (tertiary alicyclic amines) is 1. The van der Waals surface area contributed by atoms with Crippen molar-refractivity contribution >= 4 is 18.0 Å². The fourth-order valence-electron chi connectivity index (χ4n) is 2.26. The van der Waals surface area contributed by atoms with Crippen LogP contribution in [0.15, 0.2) is 0 Å². The summed E-state index contributed by atoms with van der Waals surface area (Å²) < 4.78 is 4.68. The third kappa shape index (κ3) is 4.11. The molecule has 1 aliphatic rings. The van der Waals surface area contributed by atoms with Gasteiger partial charge >= 0.3 is 18.0 Å². The van der Waals surface area contributed by atoms with Gasteiger partial charge in [-0.25, -0.2) is 9.59 Å². The van der Waals surface area contributed by atoms with Gasteiger partial charge in [-0.15, -0.1) is 0 Å². The number of nitrogens with zero attached hydrogens (tertiary/aromatic N) is 1. The Bertz CT molecular complexity index is 383. The van der Waals surface area contributed by atoms with E-state index in [1.807, 2.05) is 0 Å². The molecule has 0 aliphatic carbocycles. The van der Waals surface area contributed by atoms with E-state index in [9.17, 15) is 14.4 Å². The van der Waals surface area contributed by atoms with Gasteiger partial charge in [0.2, 0.25) is 0 Å². The highest BCUT2D eigenvalue weighted by Crippen LogP contribution is 2.18.